The molecule has 0 unspecified atom stereocenters. The Morgan fingerprint density at radius 2 is 2.10 bits per heavy atom. The van der Waals surface area contributed by atoms with Gasteiger partial charge in [0.2, 0.25) is 0 Å². The predicted octanol–water partition coefficient (Wildman–Crippen LogP) is 0.518. The Kier molecular flexibility index (Phi) is 5.80. The van der Waals surface area contributed by atoms with Crippen LogP contribution in [0.25, 0.3) is 0 Å². The SMILES string of the molecule is CCN1CCN(c2cc(CNC(=NC)NC)ccn2)CC1. The quantitative estimate of drug-likeness (QED) is 0.625. The number of pyridine rings is 1. The van der Waals surface area contributed by atoms with Gasteiger partial charge < -0.3 is 20.4 Å². The van der Waals surface area contributed by atoms with Crippen molar-refractivity contribution in [1.82, 2.24) is 20.5 Å². The minimum atomic E-state index is 0.748. The number of nitrogens with zero attached hydrogens (tertiary/aromatic N) is 4. The molecule has 0 aliphatic carbocycles. The summed E-state index contributed by atoms with van der Waals surface area (Å²) in [5.74, 6) is 1.87. The first-order chi connectivity index (χ1) is 10.3. The van der Waals surface area contributed by atoms with Crippen LogP contribution in [0.5, 0.6) is 0 Å². The lowest BCUT2D eigenvalue weighted by Gasteiger charge is -2.34. The molecule has 2 rings (SSSR count). The number of hydrogen-bond acceptors (Lipinski definition) is 4. The highest BCUT2D eigenvalue weighted by molar-refractivity contribution is 5.79. The van der Waals surface area contributed by atoms with Crippen molar-refractivity contribution in [3.63, 3.8) is 0 Å². The number of anilines is 1. The summed E-state index contributed by atoms with van der Waals surface area (Å²) in [4.78, 5) is 13.5. The third-order valence-electron chi connectivity index (χ3n) is 3.87. The molecule has 0 spiro atoms. The number of nitrogens with one attached hydrogen (secondary N) is 2. The van der Waals surface area contributed by atoms with Crippen LogP contribution in [0.2, 0.25) is 0 Å². The second kappa shape index (κ2) is 7.83. The summed E-state index contributed by atoms with van der Waals surface area (Å²) in [5.41, 5.74) is 1.22. The molecule has 1 fully saturated rings. The Labute approximate surface area is 127 Å². The van der Waals surface area contributed by atoms with Gasteiger partial charge in [-0.2, -0.15) is 0 Å². The van der Waals surface area contributed by atoms with Crippen molar-refractivity contribution in [1.29, 1.82) is 0 Å². The Bertz CT molecular complexity index is 465. The van der Waals surface area contributed by atoms with Crippen LogP contribution < -0.4 is 15.5 Å². The van der Waals surface area contributed by atoms with E-state index in [4.69, 9.17) is 0 Å². The number of hydrogen-bond donors (Lipinski definition) is 2. The third kappa shape index (κ3) is 4.32. The van der Waals surface area contributed by atoms with Crippen molar-refractivity contribution < 1.29 is 0 Å². The number of piperazine rings is 1. The van der Waals surface area contributed by atoms with Gasteiger partial charge in [-0.05, 0) is 24.2 Å². The van der Waals surface area contributed by atoms with E-state index in [0.717, 1.165) is 51.0 Å². The van der Waals surface area contributed by atoms with Crippen LogP contribution in [-0.4, -0.2) is 62.7 Å². The molecule has 2 N–H and O–H groups in total. The second-order valence-corrected chi connectivity index (χ2v) is 5.12. The molecule has 1 aliphatic rings. The fourth-order valence-electron chi connectivity index (χ4n) is 2.50. The molecule has 1 aromatic heterocycles. The van der Waals surface area contributed by atoms with E-state index < -0.39 is 0 Å². The van der Waals surface area contributed by atoms with Gasteiger partial charge in [-0.25, -0.2) is 4.98 Å². The van der Waals surface area contributed by atoms with Crippen LogP contribution in [0.3, 0.4) is 0 Å². The Morgan fingerprint density at radius 1 is 1.33 bits per heavy atom. The van der Waals surface area contributed by atoms with E-state index >= 15 is 0 Å². The average molecular weight is 290 g/mol. The topological polar surface area (TPSA) is 55.8 Å². The molecule has 116 valence electrons. The molecule has 0 radical (unpaired) electrons. The summed E-state index contributed by atoms with van der Waals surface area (Å²) in [5, 5.41) is 6.28. The molecular formula is C15H26N6. The monoisotopic (exact) mass is 290 g/mol. The number of guanidine groups is 1. The molecule has 0 amide bonds. The molecular weight excluding hydrogens is 264 g/mol. The maximum atomic E-state index is 4.52. The minimum Gasteiger partial charge on any atom is -0.359 e. The maximum absolute atomic E-state index is 4.52. The van der Waals surface area contributed by atoms with Gasteiger partial charge in [-0.3, -0.25) is 4.99 Å². The lowest BCUT2D eigenvalue weighted by atomic mass is 10.2. The molecule has 0 bridgehead atoms. The van der Waals surface area contributed by atoms with E-state index in [1.54, 1.807) is 7.05 Å². The zero-order valence-electron chi connectivity index (χ0n) is 13.3. The van der Waals surface area contributed by atoms with Crippen LogP contribution in [0.4, 0.5) is 5.82 Å². The molecule has 6 nitrogen and oxygen atoms in total. The van der Waals surface area contributed by atoms with Crippen molar-refractivity contribution in [2.75, 3.05) is 51.7 Å². The predicted molar refractivity (Wildman–Crippen MR) is 87.8 cm³/mol. The van der Waals surface area contributed by atoms with Gasteiger partial charge in [0, 0.05) is 53.0 Å². The molecule has 6 heteroatoms. The summed E-state index contributed by atoms with van der Waals surface area (Å²) >= 11 is 0. The van der Waals surface area contributed by atoms with E-state index in [1.807, 2.05) is 19.3 Å². The first-order valence-corrected chi connectivity index (χ1v) is 7.57. The third-order valence-corrected chi connectivity index (χ3v) is 3.87. The van der Waals surface area contributed by atoms with Crippen LogP contribution in [0.1, 0.15) is 12.5 Å². The maximum Gasteiger partial charge on any atom is 0.190 e. The van der Waals surface area contributed by atoms with Crippen LogP contribution >= 0.6 is 0 Å². The number of rotatable bonds is 4. The molecule has 1 saturated heterocycles. The summed E-state index contributed by atoms with van der Waals surface area (Å²) in [6.45, 7) is 8.44. The average Bonchev–Trinajstić information content (AvgIpc) is 2.56. The van der Waals surface area contributed by atoms with E-state index in [2.05, 4.69) is 43.4 Å². The van der Waals surface area contributed by atoms with Crippen molar-refractivity contribution in [2.45, 2.75) is 13.5 Å². The fourth-order valence-corrected chi connectivity index (χ4v) is 2.50. The summed E-state index contributed by atoms with van der Waals surface area (Å²) < 4.78 is 0. The lowest BCUT2D eigenvalue weighted by Crippen LogP contribution is -2.46. The second-order valence-electron chi connectivity index (χ2n) is 5.12. The number of aliphatic imine (C=N–C) groups is 1. The highest BCUT2D eigenvalue weighted by Gasteiger charge is 2.16. The summed E-state index contributed by atoms with van der Waals surface area (Å²) in [7, 11) is 3.63. The molecule has 1 aliphatic heterocycles. The van der Waals surface area contributed by atoms with Crippen molar-refractivity contribution in [2.24, 2.45) is 4.99 Å². The Hall–Kier alpha value is -1.82. The van der Waals surface area contributed by atoms with Gasteiger partial charge in [0.1, 0.15) is 5.82 Å². The molecule has 1 aromatic rings. The zero-order valence-corrected chi connectivity index (χ0v) is 13.3. The van der Waals surface area contributed by atoms with Gasteiger partial charge in [-0.15, -0.1) is 0 Å². The first-order valence-electron chi connectivity index (χ1n) is 7.57. The standard InChI is InChI=1S/C15H26N6/c1-4-20-7-9-21(10-8-20)14-11-13(5-6-18-14)12-19-15(16-2)17-3/h5-6,11H,4,7-10,12H2,1-3H3,(H2,16,17,19). The van der Waals surface area contributed by atoms with E-state index in [1.165, 1.54) is 5.56 Å². The summed E-state index contributed by atoms with van der Waals surface area (Å²) in [6.07, 6.45) is 1.89. The highest BCUT2D eigenvalue weighted by atomic mass is 15.3. The normalized spacial score (nSPS) is 16.9. The van der Waals surface area contributed by atoms with Gasteiger partial charge in [-0.1, -0.05) is 6.92 Å². The highest BCUT2D eigenvalue weighted by Crippen LogP contribution is 2.15. The van der Waals surface area contributed by atoms with Crippen LogP contribution in [0.15, 0.2) is 23.3 Å². The smallest absolute Gasteiger partial charge is 0.190 e. The molecule has 0 saturated carbocycles. The first kappa shape index (κ1) is 15.6. The number of likely N-dealkylation sites (N-methyl/N-ethyl adjacent to an activating group) is 1. The number of aromatic nitrogens is 1. The van der Waals surface area contributed by atoms with Crippen molar-refractivity contribution in [3.05, 3.63) is 23.9 Å². The van der Waals surface area contributed by atoms with Gasteiger partial charge in [0.25, 0.3) is 0 Å². The van der Waals surface area contributed by atoms with Gasteiger partial charge in [0.15, 0.2) is 5.96 Å². The van der Waals surface area contributed by atoms with Crippen molar-refractivity contribution in [3.8, 4) is 0 Å². The fraction of sp³-hybridized carbons (Fsp3) is 0.600. The molecule has 21 heavy (non-hydrogen) atoms. The Morgan fingerprint density at radius 3 is 2.71 bits per heavy atom. The summed E-state index contributed by atoms with van der Waals surface area (Å²) in [6, 6.07) is 4.21. The van der Waals surface area contributed by atoms with Crippen LogP contribution in [-0.2, 0) is 6.54 Å². The minimum absolute atomic E-state index is 0.748. The van der Waals surface area contributed by atoms with Crippen molar-refractivity contribution >= 4 is 11.8 Å². The Balaban J connectivity index is 1.95. The molecule has 2 heterocycles. The largest absolute Gasteiger partial charge is 0.359 e. The van der Waals surface area contributed by atoms with Gasteiger partial charge >= 0.3 is 0 Å². The molecule has 0 aromatic carbocycles. The van der Waals surface area contributed by atoms with E-state index in [0.29, 0.717) is 0 Å². The van der Waals surface area contributed by atoms with Gasteiger partial charge in [0.05, 0.1) is 0 Å². The van der Waals surface area contributed by atoms with E-state index in [9.17, 15) is 0 Å². The van der Waals surface area contributed by atoms with Crippen LogP contribution in [0, 0.1) is 0 Å². The molecule has 0 atom stereocenters. The zero-order chi connectivity index (χ0) is 15.1. The van der Waals surface area contributed by atoms with E-state index in [-0.39, 0.29) is 0 Å². The lowest BCUT2D eigenvalue weighted by molar-refractivity contribution is 0.270.